The zero-order valence-electron chi connectivity index (χ0n) is 22.0. The molecular weight excluding hydrogens is 478 g/mol. The van der Waals surface area contributed by atoms with Crippen LogP contribution in [0.5, 0.6) is 5.75 Å². The number of hydrogen-bond acceptors (Lipinski definition) is 4. The molecule has 0 aliphatic carbocycles. The third-order valence-corrected chi connectivity index (χ3v) is 8.78. The zero-order chi connectivity index (χ0) is 26.0. The van der Waals surface area contributed by atoms with E-state index in [4.69, 9.17) is 9.47 Å². The Hall–Kier alpha value is -3.32. The van der Waals surface area contributed by atoms with E-state index in [9.17, 15) is 9.59 Å². The lowest BCUT2D eigenvalue weighted by molar-refractivity contribution is 0.0304. The van der Waals surface area contributed by atoms with E-state index in [1.54, 1.807) is 0 Å². The number of hydrogen-bond donors (Lipinski definition) is 1. The van der Waals surface area contributed by atoms with Gasteiger partial charge in [-0.2, -0.15) is 0 Å². The first-order valence-corrected chi connectivity index (χ1v) is 14.1. The van der Waals surface area contributed by atoms with Crippen molar-refractivity contribution in [2.75, 3.05) is 39.5 Å². The van der Waals surface area contributed by atoms with E-state index in [0.717, 1.165) is 74.6 Å². The first-order valence-electron chi connectivity index (χ1n) is 14.1. The Labute approximate surface area is 224 Å². The van der Waals surface area contributed by atoms with Crippen LogP contribution in [0.4, 0.5) is 0 Å². The normalized spacial score (nSPS) is 22.5. The van der Waals surface area contributed by atoms with Gasteiger partial charge in [-0.3, -0.25) is 9.59 Å². The first kappa shape index (κ1) is 25.0. The van der Waals surface area contributed by atoms with Gasteiger partial charge in [-0.1, -0.05) is 24.6 Å². The minimum Gasteiger partial charge on any atom is -0.492 e. The number of rotatable bonds is 1. The van der Waals surface area contributed by atoms with E-state index in [-0.39, 0.29) is 23.3 Å². The highest BCUT2D eigenvalue weighted by atomic mass is 16.5. The second kappa shape index (κ2) is 10.8. The molecule has 1 atom stereocenters. The number of amides is 2. The second-order valence-electron chi connectivity index (χ2n) is 11.1. The third kappa shape index (κ3) is 4.92. The van der Waals surface area contributed by atoms with Crippen molar-refractivity contribution >= 4 is 22.7 Å². The number of H-pyrrole nitrogens is 1. The number of nitrogens with one attached hydrogen (secondary N) is 1. The molecule has 7 nitrogen and oxygen atoms in total. The van der Waals surface area contributed by atoms with Crippen LogP contribution in [-0.2, 0) is 4.74 Å². The largest absolute Gasteiger partial charge is 0.492 e. The van der Waals surface area contributed by atoms with Crippen molar-refractivity contribution in [3.63, 3.8) is 0 Å². The number of para-hydroxylation sites is 1. The van der Waals surface area contributed by atoms with Crippen LogP contribution in [0.15, 0.2) is 54.7 Å². The molecule has 0 unspecified atom stereocenters. The van der Waals surface area contributed by atoms with Crippen LogP contribution in [0.3, 0.4) is 0 Å². The molecular formula is C31H37N3O4. The molecule has 0 radical (unpaired) electrons. The van der Waals surface area contributed by atoms with Crippen molar-refractivity contribution in [3.05, 3.63) is 65.9 Å². The number of benzene rings is 2. The molecule has 38 heavy (non-hydrogen) atoms. The lowest BCUT2D eigenvalue weighted by Gasteiger charge is -2.42. The van der Waals surface area contributed by atoms with Crippen molar-refractivity contribution < 1.29 is 19.1 Å². The van der Waals surface area contributed by atoms with Gasteiger partial charge in [0, 0.05) is 54.3 Å². The second-order valence-corrected chi connectivity index (χ2v) is 11.1. The van der Waals surface area contributed by atoms with Gasteiger partial charge in [0.25, 0.3) is 11.8 Å². The number of likely N-dealkylation sites (tertiary alicyclic amines) is 1. The lowest BCUT2D eigenvalue weighted by atomic mass is 9.75. The molecule has 3 aliphatic rings. The Morgan fingerprint density at radius 3 is 2.71 bits per heavy atom. The predicted octanol–water partition coefficient (Wildman–Crippen LogP) is 5.27. The van der Waals surface area contributed by atoms with Gasteiger partial charge in [0.1, 0.15) is 5.75 Å². The van der Waals surface area contributed by atoms with Crippen LogP contribution in [0.2, 0.25) is 0 Å². The van der Waals surface area contributed by atoms with E-state index in [0.29, 0.717) is 37.6 Å². The molecule has 1 aromatic heterocycles. The maximum absolute atomic E-state index is 13.5. The topological polar surface area (TPSA) is 74.9 Å². The average molecular weight is 516 g/mol. The van der Waals surface area contributed by atoms with Crippen LogP contribution in [0.25, 0.3) is 10.9 Å². The Bertz CT molecular complexity index is 1290. The fourth-order valence-electron chi connectivity index (χ4n) is 6.45. The molecule has 2 aromatic carbocycles. The Kier molecular flexibility index (Phi) is 7.11. The Morgan fingerprint density at radius 1 is 0.947 bits per heavy atom. The molecule has 0 saturated carbocycles. The third-order valence-electron chi connectivity index (χ3n) is 8.78. The molecule has 200 valence electrons. The lowest BCUT2D eigenvalue weighted by Crippen LogP contribution is -2.45. The molecule has 2 saturated heterocycles. The van der Waals surface area contributed by atoms with Crippen molar-refractivity contribution in [1.29, 1.82) is 0 Å². The summed E-state index contributed by atoms with van der Waals surface area (Å²) in [5, 5.41) is 0.973. The number of piperidine rings is 1. The standard InChI is InChI=1S/C31H37N3O4/c35-29(25-9-5-10-27-24(25)12-16-32-27)33-18-14-31(15-19-33)13-3-4-20-37-21-23-7-6-17-34(23)30(36)26-8-1-2-11-28(26)38-22-31/h1-2,5,8-12,16,23,32H,3-4,6-7,13-15,17-22H2/t23-/m0/s1. The van der Waals surface area contributed by atoms with E-state index >= 15 is 0 Å². The number of carbonyl (C=O) groups excluding carboxylic acids is 2. The highest BCUT2D eigenvalue weighted by molar-refractivity contribution is 6.06. The summed E-state index contributed by atoms with van der Waals surface area (Å²) in [6, 6.07) is 15.6. The molecule has 1 spiro atoms. The van der Waals surface area contributed by atoms with Crippen LogP contribution >= 0.6 is 0 Å². The van der Waals surface area contributed by atoms with Crippen molar-refractivity contribution in [3.8, 4) is 5.75 Å². The molecule has 4 heterocycles. The minimum atomic E-state index is -0.0344. The smallest absolute Gasteiger partial charge is 0.257 e. The summed E-state index contributed by atoms with van der Waals surface area (Å²) in [6.07, 6.45) is 8.74. The summed E-state index contributed by atoms with van der Waals surface area (Å²) in [6.45, 7) is 4.05. The summed E-state index contributed by atoms with van der Waals surface area (Å²) in [5.74, 6) is 0.798. The van der Waals surface area contributed by atoms with Crippen LogP contribution in [-0.4, -0.2) is 72.1 Å². The number of fused-ring (bicyclic) bond motifs is 3. The first-order chi connectivity index (χ1) is 18.6. The number of aromatic nitrogens is 1. The maximum Gasteiger partial charge on any atom is 0.257 e. The number of nitrogens with zero attached hydrogens (tertiary/aromatic N) is 2. The molecule has 3 aliphatic heterocycles. The van der Waals surface area contributed by atoms with Gasteiger partial charge in [0.05, 0.1) is 24.8 Å². The maximum atomic E-state index is 13.5. The molecule has 3 aromatic rings. The highest BCUT2D eigenvalue weighted by Crippen LogP contribution is 2.39. The van der Waals surface area contributed by atoms with Crippen molar-refractivity contribution in [1.82, 2.24) is 14.8 Å². The van der Waals surface area contributed by atoms with Gasteiger partial charge in [0.15, 0.2) is 0 Å². The van der Waals surface area contributed by atoms with Crippen LogP contribution in [0.1, 0.15) is 65.7 Å². The van der Waals surface area contributed by atoms with Gasteiger partial charge in [0.2, 0.25) is 0 Å². The van der Waals surface area contributed by atoms with E-state index in [1.165, 1.54) is 0 Å². The monoisotopic (exact) mass is 515 g/mol. The highest BCUT2D eigenvalue weighted by Gasteiger charge is 2.38. The van der Waals surface area contributed by atoms with Gasteiger partial charge < -0.3 is 24.3 Å². The number of aromatic amines is 1. The fraction of sp³-hybridized carbons (Fsp3) is 0.484. The van der Waals surface area contributed by atoms with Gasteiger partial charge in [-0.05, 0) is 68.9 Å². The summed E-state index contributed by atoms with van der Waals surface area (Å²) in [7, 11) is 0. The minimum absolute atomic E-state index is 0.0344. The summed E-state index contributed by atoms with van der Waals surface area (Å²) in [5.41, 5.74) is 2.35. The summed E-state index contributed by atoms with van der Waals surface area (Å²) < 4.78 is 12.5. The van der Waals surface area contributed by atoms with E-state index in [1.807, 2.05) is 64.5 Å². The Morgan fingerprint density at radius 2 is 1.82 bits per heavy atom. The molecule has 1 N–H and O–H groups in total. The van der Waals surface area contributed by atoms with E-state index in [2.05, 4.69) is 4.98 Å². The summed E-state index contributed by atoms with van der Waals surface area (Å²) in [4.78, 5) is 34.2. The SMILES string of the molecule is O=C(c1cccc2[nH]ccc12)N1CCC2(CCCCOC[C@@H]3CCCN3C(=O)c3ccccc3OC2)CC1. The zero-order valence-corrected chi connectivity index (χ0v) is 22.0. The number of ether oxygens (including phenoxy) is 2. The average Bonchev–Trinajstić information content (AvgIpc) is 3.63. The van der Waals surface area contributed by atoms with Gasteiger partial charge in [-0.25, -0.2) is 0 Å². The van der Waals surface area contributed by atoms with Crippen LogP contribution < -0.4 is 4.74 Å². The molecule has 2 fully saturated rings. The molecule has 7 heteroatoms. The fourth-order valence-corrected chi connectivity index (χ4v) is 6.45. The van der Waals surface area contributed by atoms with Gasteiger partial charge >= 0.3 is 0 Å². The summed E-state index contributed by atoms with van der Waals surface area (Å²) >= 11 is 0. The quantitative estimate of drug-likeness (QED) is 0.479. The van der Waals surface area contributed by atoms with Crippen molar-refractivity contribution in [2.24, 2.45) is 5.41 Å². The van der Waals surface area contributed by atoms with Crippen molar-refractivity contribution in [2.45, 2.75) is 51.0 Å². The Balaban J connectivity index is 1.20. The molecule has 6 rings (SSSR count). The predicted molar refractivity (Wildman–Crippen MR) is 147 cm³/mol. The van der Waals surface area contributed by atoms with E-state index < -0.39 is 0 Å². The molecule has 0 bridgehead atoms. The van der Waals surface area contributed by atoms with Crippen LogP contribution in [0, 0.1) is 5.41 Å². The number of carbonyl (C=O) groups is 2. The molecule has 2 amide bonds. The van der Waals surface area contributed by atoms with Gasteiger partial charge in [-0.15, -0.1) is 0 Å².